The van der Waals surface area contributed by atoms with Crippen LogP contribution in [-0.2, 0) is 15.1 Å². The average Bonchev–Trinajstić information content (AvgIpc) is 3.57. The fourth-order valence-corrected chi connectivity index (χ4v) is 5.28. The van der Waals surface area contributed by atoms with Gasteiger partial charge in [0.15, 0.2) is 11.5 Å². The number of hydrogen-bond acceptors (Lipinski definition) is 5. The van der Waals surface area contributed by atoms with E-state index >= 15 is 0 Å². The summed E-state index contributed by atoms with van der Waals surface area (Å²) in [6.07, 6.45) is -0.331. The quantitative estimate of drug-likeness (QED) is 0.572. The normalized spacial score (nSPS) is 28.2. The Hall–Kier alpha value is -1.86. The zero-order valence-corrected chi connectivity index (χ0v) is 19.9. The maximum absolute atomic E-state index is 13.8. The molecule has 0 bridgehead atoms. The lowest BCUT2D eigenvalue weighted by atomic mass is 9.70. The minimum Gasteiger partial charge on any atom is -0.493 e. The van der Waals surface area contributed by atoms with Gasteiger partial charge >= 0.3 is 6.18 Å². The summed E-state index contributed by atoms with van der Waals surface area (Å²) in [5.74, 6) is 0.328. The number of nitrogens with zero attached hydrogens (tertiary/aromatic N) is 2. The van der Waals surface area contributed by atoms with Crippen LogP contribution >= 0.6 is 9.24 Å². The molecule has 2 saturated carbocycles. The van der Waals surface area contributed by atoms with Crippen molar-refractivity contribution < 1.29 is 27.4 Å². The van der Waals surface area contributed by atoms with E-state index in [2.05, 4.69) is 14.2 Å². The van der Waals surface area contributed by atoms with Gasteiger partial charge in [-0.25, -0.2) is 4.99 Å². The van der Waals surface area contributed by atoms with Gasteiger partial charge in [-0.15, -0.1) is 9.24 Å². The van der Waals surface area contributed by atoms with Crippen LogP contribution in [0.1, 0.15) is 50.5 Å². The third kappa shape index (κ3) is 5.14. The highest BCUT2D eigenvalue weighted by molar-refractivity contribution is 7.27. The van der Waals surface area contributed by atoms with Crippen molar-refractivity contribution in [3.8, 4) is 5.75 Å². The van der Waals surface area contributed by atoms with Crippen molar-refractivity contribution in [3.63, 3.8) is 0 Å². The van der Waals surface area contributed by atoms with Gasteiger partial charge in [0, 0.05) is 19.2 Å². The monoisotopic (exact) mass is 485 g/mol. The Morgan fingerprint density at radius 2 is 1.91 bits per heavy atom. The molecule has 0 saturated heterocycles. The van der Waals surface area contributed by atoms with E-state index in [-0.39, 0.29) is 18.0 Å². The molecule has 1 aliphatic heterocycles. The summed E-state index contributed by atoms with van der Waals surface area (Å²) in [5.41, 5.74) is 5.35. The molecule has 2 N–H and O–H groups in total. The van der Waals surface area contributed by atoms with E-state index in [0.29, 0.717) is 36.7 Å². The molecule has 33 heavy (non-hydrogen) atoms. The number of rotatable bonds is 8. The number of methoxy groups -OCH3 is 1. The third-order valence-corrected chi connectivity index (χ3v) is 7.48. The maximum Gasteiger partial charge on any atom is 0.390 e. The van der Waals surface area contributed by atoms with Crippen LogP contribution in [0.15, 0.2) is 23.2 Å². The van der Waals surface area contributed by atoms with Crippen LogP contribution in [-0.4, -0.2) is 49.3 Å². The highest BCUT2D eigenvalue weighted by atomic mass is 31.0. The second-order valence-electron chi connectivity index (χ2n) is 9.27. The van der Waals surface area contributed by atoms with Crippen molar-refractivity contribution in [3.05, 3.63) is 23.8 Å². The van der Waals surface area contributed by atoms with Gasteiger partial charge in [-0.3, -0.25) is 9.69 Å². The number of amides is 1. The standard InChI is InChI=1S/C23H31F3N3O3P/c1-31-16-6-4-15(5-7-16)23(20(30)29(21(27)28-23)11-10-22(24,25)26)18-12-17(8-9-19(18)33)32-13-14-2-3-14/h8-9,12,14-16H,2-7,10-11,13,33H2,1H3,(H2,27,28). The summed E-state index contributed by atoms with van der Waals surface area (Å²) in [4.78, 5) is 19.5. The first kappa shape index (κ1) is 24.3. The molecular weight excluding hydrogens is 454 g/mol. The molecule has 2 atom stereocenters. The maximum atomic E-state index is 13.8. The first-order valence-corrected chi connectivity index (χ1v) is 12.0. The van der Waals surface area contributed by atoms with Crippen molar-refractivity contribution in [1.29, 1.82) is 0 Å². The lowest BCUT2D eigenvalue weighted by Crippen LogP contribution is -2.49. The van der Waals surface area contributed by atoms with E-state index in [1.165, 1.54) is 0 Å². The molecule has 1 aromatic carbocycles. The third-order valence-electron chi connectivity index (χ3n) is 6.97. The second kappa shape index (κ2) is 9.41. The second-order valence-corrected chi connectivity index (χ2v) is 9.89. The van der Waals surface area contributed by atoms with Gasteiger partial charge < -0.3 is 15.2 Å². The highest BCUT2D eigenvalue weighted by Gasteiger charge is 2.55. The topological polar surface area (TPSA) is 77.2 Å². The fourth-order valence-electron chi connectivity index (χ4n) is 4.88. The summed E-state index contributed by atoms with van der Waals surface area (Å²) >= 11 is 0. The van der Waals surface area contributed by atoms with Crippen LogP contribution in [0.3, 0.4) is 0 Å². The number of hydrogen-bond donors (Lipinski definition) is 1. The zero-order valence-electron chi connectivity index (χ0n) is 18.7. The van der Waals surface area contributed by atoms with Crippen LogP contribution in [0.5, 0.6) is 5.75 Å². The van der Waals surface area contributed by atoms with Gasteiger partial charge in [-0.1, -0.05) is 6.07 Å². The summed E-state index contributed by atoms with van der Waals surface area (Å²) in [6.45, 7) is 0.0650. The number of benzene rings is 1. The molecule has 1 aromatic rings. The van der Waals surface area contributed by atoms with Crippen molar-refractivity contribution >= 4 is 26.4 Å². The molecule has 6 nitrogen and oxygen atoms in total. The Labute approximate surface area is 194 Å². The minimum atomic E-state index is -4.40. The SMILES string of the molecule is COC1CCC(C2(c3cc(OCC4CC4)ccc3P)N=C(N)N(CCC(F)(F)F)C2=O)CC1. The largest absolute Gasteiger partial charge is 0.493 e. The number of carbonyl (C=O) groups is 1. The van der Waals surface area contributed by atoms with Crippen LogP contribution < -0.4 is 15.8 Å². The number of halogens is 3. The Bertz CT molecular complexity index is 914. The van der Waals surface area contributed by atoms with Crippen molar-refractivity contribution in [1.82, 2.24) is 4.90 Å². The average molecular weight is 485 g/mol. The lowest BCUT2D eigenvalue weighted by Gasteiger charge is -2.39. The molecule has 1 heterocycles. The number of ether oxygens (including phenoxy) is 2. The Balaban J connectivity index is 1.70. The lowest BCUT2D eigenvalue weighted by molar-refractivity contribution is -0.144. The van der Waals surface area contributed by atoms with Gasteiger partial charge in [0.05, 0.1) is 19.1 Å². The number of alkyl halides is 3. The van der Waals surface area contributed by atoms with Crippen molar-refractivity contribution in [2.75, 3.05) is 20.3 Å². The summed E-state index contributed by atoms with van der Waals surface area (Å²) < 4.78 is 50.2. The fraction of sp³-hybridized carbons (Fsp3) is 0.652. The van der Waals surface area contributed by atoms with Gasteiger partial charge in [0.25, 0.3) is 5.91 Å². The molecule has 0 radical (unpaired) electrons. The Morgan fingerprint density at radius 3 is 2.52 bits per heavy atom. The van der Waals surface area contributed by atoms with Gasteiger partial charge in [-0.2, -0.15) is 13.2 Å². The van der Waals surface area contributed by atoms with Crippen molar-refractivity contribution in [2.24, 2.45) is 22.6 Å². The van der Waals surface area contributed by atoms with E-state index in [0.717, 1.165) is 35.9 Å². The van der Waals surface area contributed by atoms with E-state index in [4.69, 9.17) is 15.2 Å². The van der Waals surface area contributed by atoms with Gasteiger partial charge in [0.1, 0.15) is 5.75 Å². The number of nitrogens with two attached hydrogens (primary N) is 1. The molecule has 10 heteroatoms. The van der Waals surface area contributed by atoms with Gasteiger partial charge in [-0.05, 0) is 67.8 Å². The predicted molar refractivity (Wildman–Crippen MR) is 122 cm³/mol. The summed E-state index contributed by atoms with van der Waals surface area (Å²) in [7, 11) is 4.30. The molecule has 2 aliphatic carbocycles. The van der Waals surface area contributed by atoms with Crippen LogP contribution in [0, 0.1) is 11.8 Å². The molecule has 182 valence electrons. The molecule has 2 unspecified atom stereocenters. The molecule has 1 amide bonds. The number of aliphatic imine (C=N–C) groups is 1. The van der Waals surface area contributed by atoms with Crippen LogP contribution in [0.2, 0.25) is 0 Å². The summed E-state index contributed by atoms with van der Waals surface area (Å²) in [5, 5.41) is 0.755. The Kier molecular flexibility index (Phi) is 6.92. The van der Waals surface area contributed by atoms with Crippen LogP contribution in [0.4, 0.5) is 13.2 Å². The van der Waals surface area contributed by atoms with E-state index in [1.54, 1.807) is 7.11 Å². The molecule has 4 rings (SSSR count). The first-order valence-electron chi connectivity index (χ1n) is 11.4. The highest BCUT2D eigenvalue weighted by Crippen LogP contribution is 2.47. The summed E-state index contributed by atoms with van der Waals surface area (Å²) in [6, 6.07) is 5.51. The number of guanidine groups is 1. The van der Waals surface area contributed by atoms with Crippen molar-refractivity contribution in [2.45, 2.75) is 62.8 Å². The smallest absolute Gasteiger partial charge is 0.390 e. The minimum absolute atomic E-state index is 0.0983. The van der Waals surface area contributed by atoms with Gasteiger partial charge in [0.2, 0.25) is 0 Å². The predicted octanol–water partition coefficient (Wildman–Crippen LogP) is 3.49. The van der Waals surface area contributed by atoms with Crippen LogP contribution in [0.25, 0.3) is 0 Å². The van der Waals surface area contributed by atoms with E-state index in [1.807, 2.05) is 18.2 Å². The number of carbonyl (C=O) groups excluding carboxylic acids is 1. The molecule has 2 fully saturated rings. The first-order chi connectivity index (χ1) is 15.6. The van der Waals surface area contributed by atoms with E-state index in [9.17, 15) is 18.0 Å². The zero-order chi connectivity index (χ0) is 23.8. The molecule has 0 spiro atoms. The molecular formula is C23H31F3N3O3P. The van der Waals surface area contributed by atoms with E-state index < -0.39 is 30.6 Å². The molecule has 3 aliphatic rings. The Morgan fingerprint density at radius 1 is 1.21 bits per heavy atom. The molecule has 0 aromatic heterocycles.